The van der Waals surface area contributed by atoms with Crippen molar-refractivity contribution >= 4 is 23.5 Å². The molecule has 1 N–H and O–H groups in total. The summed E-state index contributed by atoms with van der Waals surface area (Å²) in [5.41, 5.74) is 0.998. The van der Waals surface area contributed by atoms with Crippen LogP contribution < -0.4 is 5.32 Å². The number of carbonyl (C=O) groups is 1. The summed E-state index contributed by atoms with van der Waals surface area (Å²) >= 11 is 5.89. The lowest BCUT2D eigenvalue weighted by Gasteiger charge is -2.31. The molecule has 1 saturated heterocycles. The molecule has 2 heterocycles. The summed E-state index contributed by atoms with van der Waals surface area (Å²) in [6.45, 7) is 2.53. The van der Waals surface area contributed by atoms with Crippen LogP contribution in [0.3, 0.4) is 0 Å². The highest BCUT2D eigenvalue weighted by Crippen LogP contribution is 2.19. The van der Waals surface area contributed by atoms with Gasteiger partial charge in [-0.05, 0) is 24.3 Å². The van der Waals surface area contributed by atoms with E-state index in [0.29, 0.717) is 36.5 Å². The van der Waals surface area contributed by atoms with Gasteiger partial charge in [0.05, 0.1) is 11.2 Å². The number of rotatable bonds is 5. The van der Waals surface area contributed by atoms with Gasteiger partial charge >= 0.3 is 6.09 Å². The summed E-state index contributed by atoms with van der Waals surface area (Å²) in [5.74, 6) is 1.16. The van der Waals surface area contributed by atoms with E-state index >= 15 is 0 Å². The van der Waals surface area contributed by atoms with Crippen molar-refractivity contribution in [2.24, 2.45) is 5.92 Å². The Hall–Kier alpha value is -2.34. The van der Waals surface area contributed by atoms with Crippen LogP contribution in [0.25, 0.3) is 0 Å². The van der Waals surface area contributed by atoms with Crippen LogP contribution in [0.2, 0.25) is 5.02 Å². The lowest BCUT2D eigenvalue weighted by Crippen LogP contribution is -2.40. The summed E-state index contributed by atoms with van der Waals surface area (Å²) in [6, 6.07) is 11.5. The van der Waals surface area contributed by atoms with Gasteiger partial charge in [0.15, 0.2) is 0 Å². The van der Waals surface area contributed by atoms with Crippen molar-refractivity contribution in [2.75, 3.05) is 25.0 Å². The highest BCUT2D eigenvalue weighted by Gasteiger charge is 2.23. The predicted octanol–water partition coefficient (Wildman–Crippen LogP) is 3.59. The maximum atomic E-state index is 12.2. The van der Waals surface area contributed by atoms with Gasteiger partial charge in [-0.15, -0.1) is 5.10 Å². The lowest BCUT2D eigenvalue weighted by atomic mass is 9.97. The number of amides is 1. The fraction of sp³-hybridized carbons (Fsp3) is 0.389. The van der Waals surface area contributed by atoms with Crippen molar-refractivity contribution in [3.63, 3.8) is 0 Å². The number of benzene rings is 1. The van der Waals surface area contributed by atoms with Crippen molar-refractivity contribution in [3.05, 3.63) is 53.2 Å². The second-order valence-electron chi connectivity index (χ2n) is 6.11. The Morgan fingerprint density at radius 1 is 1.28 bits per heavy atom. The van der Waals surface area contributed by atoms with Crippen LogP contribution in [0, 0.1) is 5.92 Å². The van der Waals surface area contributed by atoms with Crippen molar-refractivity contribution in [3.8, 4) is 0 Å². The minimum atomic E-state index is -0.240. The van der Waals surface area contributed by atoms with Gasteiger partial charge in [-0.25, -0.2) is 4.79 Å². The number of piperidine rings is 1. The molecule has 6 nitrogen and oxygen atoms in total. The Bertz CT molecular complexity index is 690. The van der Waals surface area contributed by atoms with Gasteiger partial charge in [0.2, 0.25) is 0 Å². The number of likely N-dealkylation sites (tertiary alicyclic amines) is 1. The van der Waals surface area contributed by atoms with E-state index < -0.39 is 0 Å². The summed E-state index contributed by atoms with van der Waals surface area (Å²) in [5, 5.41) is 11.6. The van der Waals surface area contributed by atoms with E-state index in [1.165, 1.54) is 6.20 Å². The van der Waals surface area contributed by atoms with Gasteiger partial charge in [-0.3, -0.25) is 0 Å². The first-order valence-corrected chi connectivity index (χ1v) is 8.76. The molecule has 2 aromatic rings. The van der Waals surface area contributed by atoms with Crippen molar-refractivity contribution < 1.29 is 9.53 Å². The topological polar surface area (TPSA) is 67.3 Å². The van der Waals surface area contributed by atoms with Gasteiger partial charge in [0.25, 0.3) is 0 Å². The molecule has 7 heteroatoms. The molecule has 0 atom stereocenters. The number of anilines is 1. The molecule has 25 heavy (non-hydrogen) atoms. The van der Waals surface area contributed by atoms with E-state index in [-0.39, 0.29) is 6.09 Å². The van der Waals surface area contributed by atoms with Gasteiger partial charge in [-0.2, -0.15) is 5.10 Å². The number of hydrogen-bond donors (Lipinski definition) is 1. The highest BCUT2D eigenvalue weighted by atomic mass is 35.5. The number of halogens is 1. The third-order valence-corrected chi connectivity index (χ3v) is 4.48. The zero-order chi connectivity index (χ0) is 17.5. The molecule has 1 amide bonds. The molecule has 1 aliphatic rings. The number of hydrogen-bond acceptors (Lipinski definition) is 5. The van der Waals surface area contributed by atoms with E-state index in [1.54, 1.807) is 11.0 Å². The highest BCUT2D eigenvalue weighted by molar-refractivity contribution is 6.30. The summed E-state index contributed by atoms with van der Waals surface area (Å²) in [6.07, 6.45) is 3.13. The molecule has 132 valence electrons. The Morgan fingerprint density at radius 2 is 2.04 bits per heavy atom. The van der Waals surface area contributed by atoms with Crippen molar-refractivity contribution in [1.82, 2.24) is 15.1 Å². The summed E-state index contributed by atoms with van der Waals surface area (Å²) in [4.78, 5) is 13.9. The average molecular weight is 361 g/mol. The standard InChI is InChI=1S/C18H21ClN4O2/c19-16-10-17(22-21-12-16)20-11-14-6-8-23(9-7-14)18(24)25-13-15-4-2-1-3-5-15/h1-5,10,12,14H,6-9,11,13H2,(H,20,22). The van der Waals surface area contributed by atoms with Crippen LogP contribution in [0.1, 0.15) is 18.4 Å². The number of carbonyl (C=O) groups excluding carboxylic acids is 1. The molecular weight excluding hydrogens is 340 g/mol. The Labute approximate surface area is 152 Å². The molecule has 0 radical (unpaired) electrons. The van der Waals surface area contributed by atoms with Crippen LogP contribution in [0.5, 0.6) is 0 Å². The molecule has 1 fully saturated rings. The van der Waals surface area contributed by atoms with Gasteiger partial charge in [-0.1, -0.05) is 41.9 Å². The molecule has 1 aromatic carbocycles. The fourth-order valence-corrected chi connectivity index (χ4v) is 2.96. The zero-order valence-corrected chi connectivity index (χ0v) is 14.7. The first-order valence-electron chi connectivity index (χ1n) is 8.38. The third-order valence-electron chi connectivity index (χ3n) is 4.27. The summed E-state index contributed by atoms with van der Waals surface area (Å²) in [7, 11) is 0. The van der Waals surface area contributed by atoms with Crippen molar-refractivity contribution in [1.29, 1.82) is 0 Å². The first kappa shape index (κ1) is 17.5. The van der Waals surface area contributed by atoms with Crippen LogP contribution in [0.4, 0.5) is 10.6 Å². The molecule has 3 rings (SSSR count). The number of nitrogens with zero attached hydrogens (tertiary/aromatic N) is 3. The van der Waals surface area contributed by atoms with Gasteiger partial charge in [0, 0.05) is 25.7 Å². The Balaban J connectivity index is 1.38. The smallest absolute Gasteiger partial charge is 0.410 e. The van der Waals surface area contributed by atoms with Crippen LogP contribution in [-0.4, -0.2) is 40.8 Å². The second-order valence-corrected chi connectivity index (χ2v) is 6.55. The number of ether oxygens (including phenoxy) is 1. The maximum Gasteiger partial charge on any atom is 0.410 e. The van der Waals surface area contributed by atoms with E-state index in [4.69, 9.17) is 16.3 Å². The Kier molecular flexibility index (Phi) is 6.06. The van der Waals surface area contributed by atoms with E-state index in [0.717, 1.165) is 24.9 Å². The molecule has 0 saturated carbocycles. The Morgan fingerprint density at radius 3 is 2.76 bits per heavy atom. The van der Waals surface area contributed by atoms with Crippen molar-refractivity contribution in [2.45, 2.75) is 19.4 Å². The van der Waals surface area contributed by atoms with E-state index in [9.17, 15) is 4.79 Å². The summed E-state index contributed by atoms with van der Waals surface area (Å²) < 4.78 is 5.38. The molecular formula is C18H21ClN4O2. The minimum Gasteiger partial charge on any atom is -0.445 e. The van der Waals surface area contributed by atoms with E-state index in [1.807, 2.05) is 30.3 Å². The van der Waals surface area contributed by atoms with E-state index in [2.05, 4.69) is 15.5 Å². The minimum absolute atomic E-state index is 0.240. The van der Waals surface area contributed by atoms with Crippen LogP contribution in [0.15, 0.2) is 42.6 Å². The SMILES string of the molecule is O=C(OCc1ccccc1)N1CCC(CNc2cc(Cl)cnn2)CC1. The maximum absolute atomic E-state index is 12.2. The molecule has 1 aromatic heterocycles. The van der Waals surface area contributed by atoms with Crippen LogP contribution >= 0.6 is 11.6 Å². The lowest BCUT2D eigenvalue weighted by molar-refractivity contribution is 0.0832. The quantitative estimate of drug-likeness (QED) is 0.882. The first-order chi connectivity index (χ1) is 12.2. The third kappa shape index (κ3) is 5.32. The average Bonchev–Trinajstić information content (AvgIpc) is 2.66. The molecule has 0 bridgehead atoms. The normalized spacial score (nSPS) is 15.0. The molecule has 0 aliphatic carbocycles. The van der Waals surface area contributed by atoms with Gasteiger partial charge in [0.1, 0.15) is 12.4 Å². The zero-order valence-electron chi connectivity index (χ0n) is 13.9. The van der Waals surface area contributed by atoms with Crippen LogP contribution in [-0.2, 0) is 11.3 Å². The van der Waals surface area contributed by atoms with Gasteiger partial charge < -0.3 is 15.0 Å². The number of nitrogens with one attached hydrogen (secondary N) is 1. The number of aromatic nitrogens is 2. The molecule has 0 unspecified atom stereocenters. The monoisotopic (exact) mass is 360 g/mol. The largest absolute Gasteiger partial charge is 0.445 e. The molecule has 0 spiro atoms. The fourth-order valence-electron chi connectivity index (χ4n) is 2.81. The predicted molar refractivity (Wildman–Crippen MR) is 96.5 cm³/mol. The molecule has 1 aliphatic heterocycles. The second kappa shape index (κ2) is 8.67.